The maximum absolute atomic E-state index is 11.5. The lowest BCUT2D eigenvalue weighted by Crippen LogP contribution is -2.33. The first-order chi connectivity index (χ1) is 9.56. The minimum Gasteiger partial charge on any atom is -0.493 e. The maximum atomic E-state index is 11.5. The van der Waals surface area contributed by atoms with Crippen molar-refractivity contribution in [2.45, 2.75) is 19.8 Å². The number of ether oxygens (including phenoxy) is 2. The van der Waals surface area contributed by atoms with Gasteiger partial charge in [-0.3, -0.25) is 0 Å². The number of carboxylic acids is 1. The average molecular weight is 279 g/mol. The van der Waals surface area contributed by atoms with Gasteiger partial charge >= 0.3 is 5.97 Å². The summed E-state index contributed by atoms with van der Waals surface area (Å²) in [5.74, 6) is 0.754. The molecule has 1 aliphatic heterocycles. The van der Waals surface area contributed by atoms with E-state index in [2.05, 4.69) is 11.8 Å². The molecule has 0 atom stereocenters. The molecule has 0 amide bonds. The van der Waals surface area contributed by atoms with Gasteiger partial charge in [0, 0.05) is 25.2 Å². The Morgan fingerprint density at radius 1 is 1.20 bits per heavy atom. The topological polar surface area (TPSA) is 59.0 Å². The number of aromatic carboxylic acids is 1. The molecule has 1 fully saturated rings. The molecule has 0 unspecified atom stereocenters. The molecule has 1 aliphatic rings. The molecule has 110 valence electrons. The van der Waals surface area contributed by atoms with Gasteiger partial charge in [0.05, 0.1) is 25.5 Å². The second kappa shape index (κ2) is 6.03. The Morgan fingerprint density at radius 2 is 1.75 bits per heavy atom. The van der Waals surface area contributed by atoms with Crippen LogP contribution >= 0.6 is 0 Å². The third kappa shape index (κ3) is 2.81. The summed E-state index contributed by atoms with van der Waals surface area (Å²) in [5, 5.41) is 9.41. The predicted octanol–water partition coefficient (Wildman–Crippen LogP) is 2.64. The van der Waals surface area contributed by atoms with Gasteiger partial charge in [-0.05, 0) is 18.8 Å². The smallest absolute Gasteiger partial charge is 0.337 e. The van der Waals surface area contributed by atoms with E-state index in [0.29, 0.717) is 23.1 Å². The molecule has 1 aromatic rings. The first-order valence-corrected chi connectivity index (χ1v) is 6.81. The summed E-state index contributed by atoms with van der Waals surface area (Å²) in [5.41, 5.74) is 0.972. The number of rotatable bonds is 4. The fraction of sp³-hybridized carbons (Fsp3) is 0.533. The number of hydrogen-bond donors (Lipinski definition) is 1. The molecule has 0 spiro atoms. The second-order valence-electron chi connectivity index (χ2n) is 5.20. The van der Waals surface area contributed by atoms with Gasteiger partial charge in [0.1, 0.15) is 0 Å². The molecule has 0 saturated carbocycles. The van der Waals surface area contributed by atoms with E-state index >= 15 is 0 Å². The van der Waals surface area contributed by atoms with Crippen LogP contribution in [-0.4, -0.2) is 38.4 Å². The van der Waals surface area contributed by atoms with Crippen LogP contribution < -0.4 is 14.4 Å². The molecule has 1 saturated heterocycles. The second-order valence-corrected chi connectivity index (χ2v) is 5.20. The number of hydrogen-bond acceptors (Lipinski definition) is 4. The van der Waals surface area contributed by atoms with Gasteiger partial charge in [-0.1, -0.05) is 6.92 Å². The van der Waals surface area contributed by atoms with Crippen LogP contribution in [0.15, 0.2) is 12.1 Å². The molecule has 1 heterocycles. The van der Waals surface area contributed by atoms with Gasteiger partial charge in [-0.15, -0.1) is 0 Å². The van der Waals surface area contributed by atoms with Crippen molar-refractivity contribution in [2.75, 3.05) is 32.2 Å². The van der Waals surface area contributed by atoms with E-state index < -0.39 is 5.97 Å². The van der Waals surface area contributed by atoms with Crippen LogP contribution in [0, 0.1) is 5.92 Å². The summed E-state index contributed by atoms with van der Waals surface area (Å²) in [6, 6.07) is 3.30. The Bertz CT molecular complexity index is 493. The Kier molecular flexibility index (Phi) is 4.37. The molecule has 0 radical (unpaired) electrons. The molecule has 5 heteroatoms. The van der Waals surface area contributed by atoms with Crippen molar-refractivity contribution >= 4 is 11.7 Å². The van der Waals surface area contributed by atoms with E-state index in [1.807, 2.05) is 0 Å². The van der Waals surface area contributed by atoms with Crippen LogP contribution in [0.2, 0.25) is 0 Å². The third-order valence-electron chi connectivity index (χ3n) is 3.86. The fourth-order valence-electron chi connectivity index (χ4n) is 2.55. The highest BCUT2D eigenvalue weighted by Crippen LogP contribution is 2.36. The molecular formula is C15H21NO4. The molecule has 0 bridgehead atoms. The normalized spacial score (nSPS) is 16.1. The predicted molar refractivity (Wildman–Crippen MR) is 77.1 cm³/mol. The summed E-state index contributed by atoms with van der Waals surface area (Å²) >= 11 is 0. The fourth-order valence-corrected chi connectivity index (χ4v) is 2.55. The zero-order valence-electron chi connectivity index (χ0n) is 12.2. The molecule has 0 aromatic heterocycles. The maximum Gasteiger partial charge on any atom is 0.337 e. The van der Waals surface area contributed by atoms with Gasteiger partial charge in [0.25, 0.3) is 0 Å². The molecule has 1 aromatic carbocycles. The van der Waals surface area contributed by atoms with Crippen molar-refractivity contribution in [1.29, 1.82) is 0 Å². The number of anilines is 1. The number of methoxy groups -OCH3 is 2. The Hall–Kier alpha value is -1.91. The molecular weight excluding hydrogens is 258 g/mol. The van der Waals surface area contributed by atoms with E-state index in [9.17, 15) is 9.90 Å². The summed E-state index contributed by atoms with van der Waals surface area (Å²) in [4.78, 5) is 13.6. The van der Waals surface area contributed by atoms with Gasteiger partial charge in [0.2, 0.25) is 0 Å². The highest BCUT2D eigenvalue weighted by atomic mass is 16.5. The standard InChI is InChI=1S/C15H21NO4/c1-10-4-6-16(7-5-10)12-9-14(20-3)13(19-2)8-11(12)15(17)18/h8-10H,4-7H2,1-3H3,(H,17,18). The van der Waals surface area contributed by atoms with Crippen LogP contribution in [0.5, 0.6) is 11.5 Å². The Morgan fingerprint density at radius 3 is 2.25 bits per heavy atom. The first kappa shape index (κ1) is 14.5. The molecule has 20 heavy (non-hydrogen) atoms. The minimum absolute atomic E-state index is 0.261. The van der Waals surface area contributed by atoms with Crippen molar-refractivity contribution in [3.63, 3.8) is 0 Å². The van der Waals surface area contributed by atoms with E-state index in [0.717, 1.165) is 25.9 Å². The van der Waals surface area contributed by atoms with Crippen molar-refractivity contribution in [3.05, 3.63) is 17.7 Å². The van der Waals surface area contributed by atoms with E-state index in [1.165, 1.54) is 13.2 Å². The lowest BCUT2D eigenvalue weighted by atomic mass is 9.98. The average Bonchev–Trinajstić information content (AvgIpc) is 2.46. The van der Waals surface area contributed by atoms with Crippen LogP contribution in [0.4, 0.5) is 5.69 Å². The van der Waals surface area contributed by atoms with E-state index in [-0.39, 0.29) is 5.56 Å². The lowest BCUT2D eigenvalue weighted by molar-refractivity contribution is 0.0697. The molecule has 1 N–H and O–H groups in total. The number of piperidine rings is 1. The number of nitrogens with zero attached hydrogens (tertiary/aromatic N) is 1. The molecule has 5 nitrogen and oxygen atoms in total. The largest absolute Gasteiger partial charge is 0.493 e. The lowest BCUT2D eigenvalue weighted by Gasteiger charge is -2.33. The highest BCUT2D eigenvalue weighted by Gasteiger charge is 2.23. The zero-order chi connectivity index (χ0) is 14.7. The van der Waals surface area contributed by atoms with Gasteiger partial charge in [0.15, 0.2) is 11.5 Å². The quantitative estimate of drug-likeness (QED) is 0.918. The van der Waals surface area contributed by atoms with Crippen molar-refractivity contribution in [1.82, 2.24) is 0 Å². The number of carbonyl (C=O) groups is 1. The van der Waals surface area contributed by atoms with Crippen LogP contribution in [-0.2, 0) is 0 Å². The van der Waals surface area contributed by atoms with Crippen molar-refractivity contribution in [3.8, 4) is 11.5 Å². The molecule has 2 rings (SSSR count). The van der Waals surface area contributed by atoms with Crippen LogP contribution in [0.1, 0.15) is 30.1 Å². The Balaban J connectivity index is 2.41. The van der Waals surface area contributed by atoms with Crippen molar-refractivity contribution in [2.24, 2.45) is 5.92 Å². The highest BCUT2D eigenvalue weighted by molar-refractivity contribution is 5.95. The number of carboxylic acid groups (broad SMARTS) is 1. The number of benzene rings is 1. The summed E-state index contributed by atoms with van der Waals surface area (Å²) < 4.78 is 10.5. The Labute approximate surface area is 119 Å². The third-order valence-corrected chi connectivity index (χ3v) is 3.86. The summed E-state index contributed by atoms with van der Waals surface area (Å²) in [6.45, 7) is 3.97. The summed E-state index contributed by atoms with van der Waals surface area (Å²) in [6.07, 6.45) is 2.15. The SMILES string of the molecule is COc1cc(C(=O)O)c(N2CCC(C)CC2)cc1OC. The van der Waals surface area contributed by atoms with Gasteiger partial charge in [-0.2, -0.15) is 0 Å². The summed E-state index contributed by atoms with van der Waals surface area (Å²) in [7, 11) is 3.06. The van der Waals surface area contributed by atoms with E-state index in [1.54, 1.807) is 13.2 Å². The van der Waals surface area contributed by atoms with Gasteiger partial charge < -0.3 is 19.5 Å². The molecule has 0 aliphatic carbocycles. The van der Waals surface area contributed by atoms with Crippen LogP contribution in [0.25, 0.3) is 0 Å². The van der Waals surface area contributed by atoms with Crippen molar-refractivity contribution < 1.29 is 19.4 Å². The van der Waals surface area contributed by atoms with Crippen LogP contribution in [0.3, 0.4) is 0 Å². The minimum atomic E-state index is -0.945. The zero-order valence-corrected chi connectivity index (χ0v) is 12.2. The first-order valence-electron chi connectivity index (χ1n) is 6.81. The van der Waals surface area contributed by atoms with Gasteiger partial charge in [-0.25, -0.2) is 4.79 Å². The monoisotopic (exact) mass is 279 g/mol. The van der Waals surface area contributed by atoms with E-state index in [4.69, 9.17) is 9.47 Å².